The Morgan fingerprint density at radius 2 is 1.77 bits per heavy atom. The lowest BCUT2D eigenvalue weighted by atomic mass is 9.91. The van der Waals surface area contributed by atoms with Gasteiger partial charge in [0.05, 0.1) is 35.3 Å². The Bertz CT molecular complexity index is 1690. The number of fused-ring (bicyclic) bond motifs is 1. The molecule has 4 aromatic rings. The number of nitrogens with two attached hydrogens (primary N) is 1. The molecule has 0 saturated carbocycles. The predicted octanol–water partition coefficient (Wildman–Crippen LogP) is 6.66. The van der Waals surface area contributed by atoms with Crippen LogP contribution in [0.4, 0.5) is 22.0 Å². The van der Waals surface area contributed by atoms with Gasteiger partial charge in [0.2, 0.25) is 0 Å². The van der Waals surface area contributed by atoms with E-state index in [1.165, 1.54) is 41.6 Å². The topological polar surface area (TPSA) is 69.3 Å². The Balaban J connectivity index is 1.79. The molecule has 11 heteroatoms. The van der Waals surface area contributed by atoms with E-state index in [9.17, 15) is 18.0 Å². The molecular weight excluding hydrogens is 585 g/mol. The molecule has 2 atom stereocenters. The number of thioether (sulfide) groups is 1. The van der Waals surface area contributed by atoms with E-state index >= 15 is 8.78 Å². The van der Waals surface area contributed by atoms with Gasteiger partial charge < -0.3 is 15.8 Å². The van der Waals surface area contributed by atoms with E-state index in [1.807, 2.05) is 30.3 Å². The predicted molar refractivity (Wildman–Crippen MR) is 158 cm³/mol. The summed E-state index contributed by atoms with van der Waals surface area (Å²) in [6.45, 7) is 2.33. The number of hydrogen-bond acceptors (Lipinski definition) is 5. The highest BCUT2D eigenvalue weighted by Crippen LogP contribution is 2.45. The SMILES string of the molecule is COc1cccc(-c2c(C)c(Cc3c(F)cccc3C(F)(F)F)c3n(c2=O)C(C(NCCN)c2ccccc2)CS3)c1F. The molecule has 0 bridgehead atoms. The molecule has 2 unspecified atom stereocenters. The van der Waals surface area contributed by atoms with Gasteiger partial charge in [-0.15, -0.1) is 11.8 Å². The molecule has 3 N–H and O–H groups in total. The average molecular weight is 616 g/mol. The molecule has 5 rings (SSSR count). The molecule has 1 aromatic heterocycles. The fourth-order valence-electron chi connectivity index (χ4n) is 5.71. The maximum absolute atomic E-state index is 15.7. The summed E-state index contributed by atoms with van der Waals surface area (Å²) in [7, 11) is 1.30. The minimum atomic E-state index is -4.80. The Morgan fingerprint density at radius 3 is 2.44 bits per heavy atom. The first-order valence-electron chi connectivity index (χ1n) is 13.6. The van der Waals surface area contributed by atoms with Crippen molar-refractivity contribution in [2.45, 2.75) is 36.6 Å². The minimum Gasteiger partial charge on any atom is -0.494 e. The van der Waals surface area contributed by atoms with Gasteiger partial charge in [-0.1, -0.05) is 48.5 Å². The van der Waals surface area contributed by atoms with Crippen molar-refractivity contribution in [3.05, 3.63) is 117 Å². The van der Waals surface area contributed by atoms with Crippen LogP contribution in [0.25, 0.3) is 11.1 Å². The van der Waals surface area contributed by atoms with Crippen LogP contribution in [0.1, 0.15) is 39.9 Å². The molecule has 2 heterocycles. The number of rotatable bonds is 9. The number of ether oxygens (including phenoxy) is 1. The smallest absolute Gasteiger partial charge is 0.416 e. The van der Waals surface area contributed by atoms with Crippen molar-refractivity contribution in [1.29, 1.82) is 0 Å². The normalized spacial score (nSPS) is 15.4. The highest BCUT2D eigenvalue weighted by atomic mass is 32.2. The van der Waals surface area contributed by atoms with E-state index in [4.69, 9.17) is 10.5 Å². The number of nitrogens with one attached hydrogen (secondary N) is 1. The Hall–Kier alpha value is -3.67. The third kappa shape index (κ3) is 5.81. The maximum atomic E-state index is 15.7. The number of pyridine rings is 1. The lowest BCUT2D eigenvalue weighted by molar-refractivity contribution is -0.138. The largest absolute Gasteiger partial charge is 0.494 e. The van der Waals surface area contributed by atoms with Gasteiger partial charge in [-0.25, -0.2) is 8.78 Å². The highest BCUT2D eigenvalue weighted by molar-refractivity contribution is 7.99. The van der Waals surface area contributed by atoms with E-state index in [1.54, 1.807) is 6.92 Å². The molecule has 0 fully saturated rings. The second kappa shape index (κ2) is 12.5. The van der Waals surface area contributed by atoms with Crippen LogP contribution in [0, 0.1) is 18.6 Å². The van der Waals surface area contributed by atoms with Crippen molar-refractivity contribution >= 4 is 11.8 Å². The molecular formula is C32H30F5N3O2S. The fraction of sp³-hybridized carbons (Fsp3) is 0.281. The zero-order valence-corrected chi connectivity index (χ0v) is 24.3. The van der Waals surface area contributed by atoms with Gasteiger partial charge in [0.15, 0.2) is 11.6 Å². The van der Waals surface area contributed by atoms with Crippen LogP contribution in [-0.2, 0) is 12.6 Å². The molecule has 0 aliphatic carbocycles. The summed E-state index contributed by atoms with van der Waals surface area (Å²) in [6, 6.07) is 15.7. The van der Waals surface area contributed by atoms with Crippen LogP contribution in [0.2, 0.25) is 0 Å². The summed E-state index contributed by atoms with van der Waals surface area (Å²) in [5.41, 5.74) is 5.07. The number of halogens is 5. The number of alkyl halides is 3. The summed E-state index contributed by atoms with van der Waals surface area (Å²) in [5.74, 6) is -1.48. The van der Waals surface area contributed by atoms with Gasteiger partial charge in [-0.05, 0) is 41.8 Å². The fourth-order valence-corrected chi connectivity index (χ4v) is 7.14. The van der Waals surface area contributed by atoms with Gasteiger partial charge in [-0.2, -0.15) is 13.2 Å². The summed E-state index contributed by atoms with van der Waals surface area (Å²) < 4.78 is 79.5. The molecule has 226 valence electrons. The van der Waals surface area contributed by atoms with Crippen LogP contribution >= 0.6 is 11.8 Å². The number of methoxy groups -OCH3 is 1. The van der Waals surface area contributed by atoms with Crippen LogP contribution in [-0.4, -0.2) is 30.5 Å². The van der Waals surface area contributed by atoms with Crippen LogP contribution in [0.15, 0.2) is 76.6 Å². The monoisotopic (exact) mass is 615 g/mol. The van der Waals surface area contributed by atoms with E-state index in [2.05, 4.69) is 5.32 Å². The first kappa shape index (κ1) is 30.8. The third-order valence-electron chi connectivity index (χ3n) is 7.74. The molecule has 0 spiro atoms. The minimum absolute atomic E-state index is 0.0156. The molecule has 3 aromatic carbocycles. The van der Waals surface area contributed by atoms with Gasteiger partial charge in [0, 0.05) is 36.4 Å². The summed E-state index contributed by atoms with van der Waals surface area (Å²) in [6.07, 6.45) is -5.25. The van der Waals surface area contributed by atoms with Crippen molar-refractivity contribution in [2.24, 2.45) is 5.73 Å². The van der Waals surface area contributed by atoms with E-state index in [0.717, 1.165) is 23.8 Å². The average Bonchev–Trinajstić information content (AvgIpc) is 3.42. The first-order valence-corrected chi connectivity index (χ1v) is 14.6. The summed E-state index contributed by atoms with van der Waals surface area (Å²) in [4.78, 5) is 14.4. The molecule has 1 aliphatic rings. The second-order valence-corrected chi connectivity index (χ2v) is 11.2. The van der Waals surface area contributed by atoms with Crippen molar-refractivity contribution in [2.75, 3.05) is 26.0 Å². The zero-order valence-electron chi connectivity index (χ0n) is 23.5. The number of aromatic nitrogens is 1. The maximum Gasteiger partial charge on any atom is 0.416 e. The first-order chi connectivity index (χ1) is 20.6. The van der Waals surface area contributed by atoms with Crippen molar-refractivity contribution in [1.82, 2.24) is 9.88 Å². The molecule has 0 amide bonds. The lowest BCUT2D eigenvalue weighted by Crippen LogP contribution is -2.37. The van der Waals surface area contributed by atoms with Gasteiger partial charge >= 0.3 is 6.18 Å². The third-order valence-corrected chi connectivity index (χ3v) is 8.97. The summed E-state index contributed by atoms with van der Waals surface area (Å²) >= 11 is 1.31. The summed E-state index contributed by atoms with van der Waals surface area (Å²) in [5, 5.41) is 3.83. The zero-order chi connectivity index (χ0) is 30.9. The van der Waals surface area contributed by atoms with Crippen molar-refractivity contribution < 1.29 is 26.7 Å². The lowest BCUT2D eigenvalue weighted by Gasteiger charge is -2.28. The Kier molecular flexibility index (Phi) is 8.96. The molecule has 0 saturated heterocycles. The van der Waals surface area contributed by atoms with Crippen LogP contribution in [0.3, 0.4) is 0 Å². The Morgan fingerprint density at radius 1 is 1.05 bits per heavy atom. The molecule has 0 radical (unpaired) electrons. The molecule has 5 nitrogen and oxygen atoms in total. The van der Waals surface area contributed by atoms with Gasteiger partial charge in [0.1, 0.15) is 5.82 Å². The number of nitrogens with zero attached hydrogens (tertiary/aromatic N) is 1. The quantitative estimate of drug-likeness (QED) is 0.206. The highest BCUT2D eigenvalue weighted by Gasteiger charge is 2.38. The second-order valence-electron chi connectivity index (χ2n) is 10.2. The standard InChI is InChI=1S/C32H30F5N3O2S/c1-18-21(16-22-23(32(35,36)37)11-7-12-24(22)33)31-40(30(41)27(18)20-10-6-13-26(42-2)28(20)34)25(17-43-31)29(39-15-14-38)19-8-4-3-5-9-19/h3-13,25,29,39H,14-17,38H2,1-2H3. The van der Waals surface area contributed by atoms with E-state index in [-0.39, 0.29) is 22.4 Å². The van der Waals surface area contributed by atoms with E-state index < -0.39 is 53.0 Å². The van der Waals surface area contributed by atoms with Crippen LogP contribution in [0.5, 0.6) is 5.75 Å². The van der Waals surface area contributed by atoms with E-state index in [0.29, 0.717) is 29.4 Å². The number of benzene rings is 3. The van der Waals surface area contributed by atoms with Crippen molar-refractivity contribution in [3.8, 4) is 16.9 Å². The van der Waals surface area contributed by atoms with Gasteiger partial charge in [-0.3, -0.25) is 9.36 Å². The Labute approximate surface area is 249 Å². The number of hydrogen-bond donors (Lipinski definition) is 2. The van der Waals surface area contributed by atoms with Gasteiger partial charge in [0.25, 0.3) is 5.56 Å². The van der Waals surface area contributed by atoms with Crippen molar-refractivity contribution in [3.63, 3.8) is 0 Å². The molecule has 43 heavy (non-hydrogen) atoms. The molecule has 1 aliphatic heterocycles. The van der Waals surface area contributed by atoms with Crippen LogP contribution < -0.4 is 21.3 Å².